The number of carbonyl (C=O) groups excluding carboxylic acids is 1. The Hall–Kier alpha value is -2.36. The summed E-state index contributed by atoms with van der Waals surface area (Å²) in [6.07, 6.45) is 7.36. The summed E-state index contributed by atoms with van der Waals surface area (Å²) in [4.78, 5) is 12.3. The van der Waals surface area contributed by atoms with Gasteiger partial charge in [-0.05, 0) is 49.3 Å². The molecule has 1 unspecified atom stereocenters. The Kier molecular flexibility index (Phi) is 5.03. The third-order valence-corrected chi connectivity index (χ3v) is 4.91. The number of allylic oxidation sites excluding steroid dienone is 1. The fourth-order valence-corrected chi connectivity index (χ4v) is 3.58. The molecule has 1 aromatic heterocycles. The molecule has 0 aliphatic heterocycles. The zero-order valence-corrected chi connectivity index (χ0v) is 16.4. The summed E-state index contributed by atoms with van der Waals surface area (Å²) in [7, 11) is 0. The van der Waals surface area contributed by atoms with Gasteiger partial charge in [-0.1, -0.05) is 51.5 Å². The zero-order chi connectivity index (χ0) is 18.9. The van der Waals surface area contributed by atoms with E-state index in [0.717, 1.165) is 24.1 Å². The van der Waals surface area contributed by atoms with E-state index < -0.39 is 0 Å². The molecule has 1 aliphatic carbocycles. The number of aryl methyl sites for hydroxylation is 1. The highest BCUT2D eigenvalue weighted by molar-refractivity contribution is 5.87. The fraction of sp³-hybridized carbons (Fsp3) is 0.455. The van der Waals surface area contributed by atoms with Crippen LogP contribution in [-0.2, 0) is 11.2 Å². The zero-order valence-electron chi connectivity index (χ0n) is 16.4. The average molecular weight is 351 g/mol. The summed E-state index contributed by atoms with van der Waals surface area (Å²) < 4.78 is 2.03. The number of aromatic nitrogens is 2. The normalized spacial score (nSPS) is 18.9. The molecule has 3 rings (SSSR count). The van der Waals surface area contributed by atoms with Gasteiger partial charge in [0.15, 0.2) is 0 Å². The van der Waals surface area contributed by atoms with Crippen molar-refractivity contribution >= 4 is 5.91 Å². The minimum Gasteiger partial charge on any atom is -0.346 e. The summed E-state index contributed by atoms with van der Waals surface area (Å²) in [5.41, 5.74) is 4.74. The standard InChI is InChI=1S/C22H29N3O/c1-15(2)6-11-21(26)24-19-12-22(4,5)13-20-18(19)14-23-25(20)17-9-7-16(3)8-10-17/h6-11,14-15,19H,12-13H2,1-5H3,(H,24,26). The van der Waals surface area contributed by atoms with E-state index in [2.05, 4.69) is 69.3 Å². The van der Waals surface area contributed by atoms with E-state index in [1.165, 1.54) is 11.3 Å². The van der Waals surface area contributed by atoms with Crippen LogP contribution >= 0.6 is 0 Å². The van der Waals surface area contributed by atoms with Crippen molar-refractivity contribution in [1.82, 2.24) is 15.1 Å². The third kappa shape index (κ3) is 4.06. The molecule has 1 N–H and O–H groups in total. The summed E-state index contributed by atoms with van der Waals surface area (Å²) in [5.74, 6) is 0.332. The minimum absolute atomic E-state index is 0.00254. The molecule has 1 atom stereocenters. The van der Waals surface area contributed by atoms with Gasteiger partial charge in [0.1, 0.15) is 0 Å². The number of rotatable bonds is 4. The molecule has 4 nitrogen and oxygen atoms in total. The molecular formula is C22H29N3O. The first-order chi connectivity index (χ1) is 12.2. The SMILES string of the molecule is Cc1ccc(-n2ncc3c2CC(C)(C)CC3NC(=O)C=CC(C)C)cc1. The Morgan fingerprint density at radius 1 is 1.31 bits per heavy atom. The van der Waals surface area contributed by atoms with Crippen LogP contribution in [0.5, 0.6) is 0 Å². The van der Waals surface area contributed by atoms with E-state index in [4.69, 9.17) is 0 Å². The lowest BCUT2D eigenvalue weighted by Gasteiger charge is -2.35. The second kappa shape index (κ2) is 7.10. The number of fused-ring (bicyclic) bond motifs is 1. The molecule has 0 bridgehead atoms. The maximum Gasteiger partial charge on any atom is 0.244 e. The number of amides is 1. The summed E-state index contributed by atoms with van der Waals surface area (Å²) in [6.45, 7) is 10.7. The van der Waals surface area contributed by atoms with Crippen LogP contribution in [0.1, 0.15) is 57.0 Å². The number of hydrogen-bond donors (Lipinski definition) is 1. The van der Waals surface area contributed by atoms with Crippen molar-refractivity contribution in [2.24, 2.45) is 11.3 Å². The molecule has 1 aromatic carbocycles. The second-order valence-electron chi connectivity index (χ2n) is 8.50. The molecule has 2 aromatic rings. The van der Waals surface area contributed by atoms with Gasteiger partial charge in [-0.2, -0.15) is 5.10 Å². The lowest BCUT2D eigenvalue weighted by atomic mass is 9.74. The smallest absolute Gasteiger partial charge is 0.244 e. The number of nitrogens with zero attached hydrogens (tertiary/aromatic N) is 2. The molecule has 1 aliphatic rings. The van der Waals surface area contributed by atoms with Crippen LogP contribution in [0.3, 0.4) is 0 Å². The molecule has 4 heteroatoms. The van der Waals surface area contributed by atoms with Gasteiger partial charge in [0, 0.05) is 5.56 Å². The quantitative estimate of drug-likeness (QED) is 0.823. The summed E-state index contributed by atoms with van der Waals surface area (Å²) in [6, 6.07) is 8.41. The van der Waals surface area contributed by atoms with E-state index in [-0.39, 0.29) is 17.4 Å². The van der Waals surface area contributed by atoms with Crippen LogP contribution in [0.25, 0.3) is 5.69 Å². The molecule has 0 saturated heterocycles. The van der Waals surface area contributed by atoms with Crippen LogP contribution in [0.2, 0.25) is 0 Å². The number of hydrogen-bond acceptors (Lipinski definition) is 2. The van der Waals surface area contributed by atoms with Gasteiger partial charge in [0.05, 0.1) is 23.6 Å². The molecule has 0 saturated carbocycles. The molecule has 1 heterocycles. The topological polar surface area (TPSA) is 46.9 Å². The van der Waals surface area contributed by atoms with Gasteiger partial charge in [-0.3, -0.25) is 4.79 Å². The molecule has 138 valence electrons. The highest BCUT2D eigenvalue weighted by Gasteiger charge is 2.35. The average Bonchev–Trinajstić information content (AvgIpc) is 2.96. The molecule has 26 heavy (non-hydrogen) atoms. The van der Waals surface area contributed by atoms with Crippen molar-refractivity contribution in [2.45, 2.75) is 53.5 Å². The largest absolute Gasteiger partial charge is 0.346 e. The van der Waals surface area contributed by atoms with E-state index in [1.807, 2.05) is 17.0 Å². The highest BCUT2D eigenvalue weighted by Crippen LogP contribution is 2.41. The van der Waals surface area contributed by atoms with Gasteiger partial charge < -0.3 is 5.32 Å². The van der Waals surface area contributed by atoms with Crippen molar-refractivity contribution in [3.05, 3.63) is 59.4 Å². The Morgan fingerprint density at radius 2 is 2.00 bits per heavy atom. The second-order valence-corrected chi connectivity index (χ2v) is 8.50. The van der Waals surface area contributed by atoms with Crippen molar-refractivity contribution in [3.8, 4) is 5.69 Å². The molecule has 0 radical (unpaired) electrons. The van der Waals surface area contributed by atoms with E-state index in [9.17, 15) is 4.79 Å². The van der Waals surface area contributed by atoms with Gasteiger partial charge in [-0.15, -0.1) is 0 Å². The summed E-state index contributed by atoms with van der Waals surface area (Å²) >= 11 is 0. The maximum atomic E-state index is 12.3. The van der Waals surface area contributed by atoms with E-state index >= 15 is 0 Å². The number of carbonyl (C=O) groups is 1. The Morgan fingerprint density at radius 3 is 2.65 bits per heavy atom. The Balaban J connectivity index is 1.92. The lowest BCUT2D eigenvalue weighted by molar-refractivity contribution is -0.117. The predicted molar refractivity (Wildman–Crippen MR) is 105 cm³/mol. The Bertz CT molecular complexity index is 812. The third-order valence-electron chi connectivity index (χ3n) is 4.91. The fourth-order valence-electron chi connectivity index (χ4n) is 3.58. The molecule has 0 fully saturated rings. The maximum absolute atomic E-state index is 12.3. The Labute approximate surface area is 156 Å². The van der Waals surface area contributed by atoms with Gasteiger partial charge >= 0.3 is 0 Å². The van der Waals surface area contributed by atoms with Crippen molar-refractivity contribution in [2.75, 3.05) is 0 Å². The van der Waals surface area contributed by atoms with Crippen LogP contribution in [0.15, 0.2) is 42.6 Å². The molecule has 1 amide bonds. The van der Waals surface area contributed by atoms with E-state index in [0.29, 0.717) is 5.92 Å². The first-order valence-electron chi connectivity index (χ1n) is 9.38. The highest BCUT2D eigenvalue weighted by atomic mass is 16.1. The predicted octanol–water partition coefficient (Wildman–Crippen LogP) is 4.52. The van der Waals surface area contributed by atoms with Crippen molar-refractivity contribution < 1.29 is 4.79 Å². The van der Waals surface area contributed by atoms with Crippen molar-refractivity contribution in [1.29, 1.82) is 0 Å². The van der Waals surface area contributed by atoms with Gasteiger partial charge in [0.2, 0.25) is 5.91 Å². The number of benzene rings is 1. The molecule has 0 spiro atoms. The van der Waals surface area contributed by atoms with Gasteiger partial charge in [0.25, 0.3) is 0 Å². The summed E-state index contributed by atoms with van der Waals surface area (Å²) in [5, 5.41) is 7.82. The first kappa shape index (κ1) is 18.4. The number of nitrogens with one attached hydrogen (secondary N) is 1. The molecular weight excluding hydrogens is 322 g/mol. The monoisotopic (exact) mass is 351 g/mol. The van der Waals surface area contributed by atoms with Crippen LogP contribution in [0, 0.1) is 18.3 Å². The van der Waals surface area contributed by atoms with Crippen LogP contribution in [-0.4, -0.2) is 15.7 Å². The first-order valence-corrected chi connectivity index (χ1v) is 9.38. The van der Waals surface area contributed by atoms with Crippen LogP contribution < -0.4 is 5.32 Å². The van der Waals surface area contributed by atoms with E-state index in [1.54, 1.807) is 6.08 Å². The van der Waals surface area contributed by atoms with Gasteiger partial charge in [-0.25, -0.2) is 4.68 Å². The van der Waals surface area contributed by atoms with Crippen LogP contribution in [0.4, 0.5) is 0 Å². The van der Waals surface area contributed by atoms with Crippen molar-refractivity contribution in [3.63, 3.8) is 0 Å². The lowest BCUT2D eigenvalue weighted by Crippen LogP contribution is -2.36. The minimum atomic E-state index is -0.0320.